The number of rotatable bonds is 6. The van der Waals surface area contributed by atoms with Crippen molar-refractivity contribution < 1.29 is 0 Å². The van der Waals surface area contributed by atoms with Gasteiger partial charge < -0.3 is 10.6 Å². The Kier molecular flexibility index (Phi) is 20.5. The second-order valence-electron chi connectivity index (χ2n) is 3.15. The van der Waals surface area contributed by atoms with Gasteiger partial charge in [-0.1, -0.05) is 13.8 Å². The number of nitrogens with zero attached hydrogens (tertiary/aromatic N) is 1. The van der Waals surface area contributed by atoms with Gasteiger partial charge in [0.25, 0.3) is 0 Å². The molecule has 0 aromatic rings. The Morgan fingerprint density at radius 3 is 1.92 bits per heavy atom. The molecule has 0 aromatic carbocycles. The van der Waals surface area contributed by atoms with Gasteiger partial charge in [0.2, 0.25) is 0 Å². The maximum absolute atomic E-state index is 5.64. The van der Waals surface area contributed by atoms with Gasteiger partial charge in [-0.15, -0.1) is 48.0 Å². The van der Waals surface area contributed by atoms with E-state index in [2.05, 4.69) is 25.7 Å². The summed E-state index contributed by atoms with van der Waals surface area (Å²) in [6.45, 7) is 10.0. The van der Waals surface area contributed by atoms with E-state index in [9.17, 15) is 0 Å². The van der Waals surface area contributed by atoms with Crippen molar-refractivity contribution >= 4 is 48.0 Å². The Hall–Kier alpha value is 1.38. The molecule has 4 heteroatoms. The lowest BCUT2D eigenvalue weighted by atomic mass is 10.2. The van der Waals surface area contributed by atoms with Crippen LogP contribution >= 0.6 is 48.0 Å². The average molecular weight is 414 g/mol. The van der Waals surface area contributed by atoms with E-state index in [1.165, 1.54) is 13.0 Å². The van der Waals surface area contributed by atoms with Crippen LogP contribution in [0.4, 0.5) is 0 Å². The topological polar surface area (TPSA) is 29.3 Å². The first-order valence-electron chi connectivity index (χ1n) is 4.68. The molecule has 0 aliphatic rings. The molecule has 0 aliphatic carbocycles. The van der Waals surface area contributed by atoms with Crippen molar-refractivity contribution in [3.63, 3.8) is 0 Å². The molecule has 0 bridgehead atoms. The van der Waals surface area contributed by atoms with Gasteiger partial charge in [-0.3, -0.25) is 0 Å². The third kappa shape index (κ3) is 13.4. The number of hydrogen-bond acceptors (Lipinski definition) is 2. The lowest BCUT2D eigenvalue weighted by molar-refractivity contribution is 0.294. The van der Waals surface area contributed by atoms with Gasteiger partial charge in [0, 0.05) is 6.04 Å². The Morgan fingerprint density at radius 1 is 1.15 bits per heavy atom. The van der Waals surface area contributed by atoms with Crippen LogP contribution in [0.1, 0.15) is 33.6 Å². The average Bonchev–Trinajstić information content (AvgIpc) is 1.98. The van der Waals surface area contributed by atoms with Crippen LogP contribution in [-0.2, 0) is 0 Å². The van der Waals surface area contributed by atoms with Crippen LogP contribution in [0.3, 0.4) is 0 Å². The molecule has 1 unspecified atom stereocenters. The van der Waals surface area contributed by atoms with Gasteiger partial charge in [-0.05, 0) is 39.4 Å². The van der Waals surface area contributed by atoms with E-state index in [4.69, 9.17) is 5.73 Å². The molecule has 0 spiro atoms. The minimum absolute atomic E-state index is 0. The fourth-order valence-corrected chi connectivity index (χ4v) is 1.18. The summed E-state index contributed by atoms with van der Waals surface area (Å²) in [5, 5.41) is 0. The summed E-state index contributed by atoms with van der Waals surface area (Å²) in [6, 6.07) is 0.366. The molecule has 0 heterocycles. The molecule has 0 aliphatic heterocycles. The van der Waals surface area contributed by atoms with E-state index < -0.39 is 0 Å². The van der Waals surface area contributed by atoms with E-state index in [0.29, 0.717) is 6.04 Å². The minimum atomic E-state index is 0. The molecule has 0 fully saturated rings. The van der Waals surface area contributed by atoms with Crippen molar-refractivity contribution in [2.45, 2.75) is 39.7 Å². The normalized spacial score (nSPS) is 11.8. The number of halogens is 2. The molecule has 0 amide bonds. The molecular formula is C9H24I2N2. The predicted octanol–water partition coefficient (Wildman–Crippen LogP) is 2.69. The first-order valence-corrected chi connectivity index (χ1v) is 4.68. The summed E-state index contributed by atoms with van der Waals surface area (Å²) in [4.78, 5) is 2.43. The molecule has 13 heavy (non-hydrogen) atoms. The summed E-state index contributed by atoms with van der Waals surface area (Å²) < 4.78 is 0. The molecule has 84 valence electrons. The van der Waals surface area contributed by atoms with Crippen LogP contribution in [0.15, 0.2) is 0 Å². The summed E-state index contributed by atoms with van der Waals surface area (Å²) in [6.07, 6.45) is 2.38. The zero-order chi connectivity index (χ0) is 8.69. The highest BCUT2D eigenvalue weighted by Crippen LogP contribution is 1.96. The molecular weight excluding hydrogens is 390 g/mol. The first kappa shape index (κ1) is 19.9. The largest absolute Gasteiger partial charge is 0.328 e. The van der Waals surface area contributed by atoms with Crippen LogP contribution in [0, 0.1) is 0 Å². The van der Waals surface area contributed by atoms with E-state index >= 15 is 0 Å². The number of nitrogens with two attached hydrogens (primary N) is 1. The lowest BCUT2D eigenvalue weighted by Crippen LogP contribution is -2.25. The molecule has 1 atom stereocenters. The second-order valence-corrected chi connectivity index (χ2v) is 3.15. The zero-order valence-corrected chi connectivity index (χ0v) is 13.6. The fraction of sp³-hybridized carbons (Fsp3) is 1.00. The molecule has 0 radical (unpaired) electrons. The van der Waals surface area contributed by atoms with Crippen molar-refractivity contribution in [1.82, 2.24) is 4.90 Å². The summed E-state index contributed by atoms with van der Waals surface area (Å²) >= 11 is 0. The lowest BCUT2D eigenvalue weighted by Gasteiger charge is -2.17. The summed E-state index contributed by atoms with van der Waals surface area (Å²) in [7, 11) is 0. The molecule has 0 saturated carbocycles. The van der Waals surface area contributed by atoms with Crippen molar-refractivity contribution in [2.75, 3.05) is 19.6 Å². The van der Waals surface area contributed by atoms with Gasteiger partial charge in [0.15, 0.2) is 0 Å². The second kappa shape index (κ2) is 13.4. The predicted molar refractivity (Wildman–Crippen MR) is 81.5 cm³/mol. The standard InChI is InChI=1S/C9H22N2.2HI/c1-4-11(5-2)8-6-7-9(3)10;;/h9H,4-8,10H2,1-3H3;2*1H. The Morgan fingerprint density at radius 2 is 1.62 bits per heavy atom. The maximum Gasteiger partial charge on any atom is 0.00109 e. The van der Waals surface area contributed by atoms with E-state index in [0.717, 1.165) is 19.5 Å². The smallest absolute Gasteiger partial charge is 0.00109 e. The first-order chi connectivity index (χ1) is 5.20. The Balaban J connectivity index is -0.000000500. The third-order valence-corrected chi connectivity index (χ3v) is 2.03. The van der Waals surface area contributed by atoms with Crippen LogP contribution < -0.4 is 5.73 Å². The van der Waals surface area contributed by atoms with Crippen LogP contribution in [0.25, 0.3) is 0 Å². The SMILES string of the molecule is CCN(CC)CCCC(C)N.I.I. The maximum atomic E-state index is 5.64. The van der Waals surface area contributed by atoms with Crippen LogP contribution in [0.2, 0.25) is 0 Å². The monoisotopic (exact) mass is 414 g/mol. The summed E-state index contributed by atoms with van der Waals surface area (Å²) in [5.41, 5.74) is 5.64. The number of hydrogen-bond donors (Lipinski definition) is 1. The van der Waals surface area contributed by atoms with Crippen LogP contribution in [-0.4, -0.2) is 30.6 Å². The van der Waals surface area contributed by atoms with Crippen LogP contribution in [0.5, 0.6) is 0 Å². The molecule has 2 nitrogen and oxygen atoms in total. The molecule has 0 saturated heterocycles. The van der Waals surface area contributed by atoms with Gasteiger partial charge >= 0.3 is 0 Å². The third-order valence-electron chi connectivity index (χ3n) is 2.03. The van der Waals surface area contributed by atoms with E-state index in [-0.39, 0.29) is 48.0 Å². The fourth-order valence-electron chi connectivity index (χ4n) is 1.18. The van der Waals surface area contributed by atoms with Crippen molar-refractivity contribution in [3.05, 3.63) is 0 Å². The Bertz CT molecular complexity index is 85.7. The van der Waals surface area contributed by atoms with Crippen molar-refractivity contribution in [3.8, 4) is 0 Å². The van der Waals surface area contributed by atoms with Gasteiger partial charge in [0.05, 0.1) is 0 Å². The van der Waals surface area contributed by atoms with Gasteiger partial charge in [-0.25, -0.2) is 0 Å². The minimum Gasteiger partial charge on any atom is -0.328 e. The van der Waals surface area contributed by atoms with E-state index in [1.54, 1.807) is 0 Å². The highest BCUT2D eigenvalue weighted by atomic mass is 127. The molecule has 0 rings (SSSR count). The highest BCUT2D eigenvalue weighted by molar-refractivity contribution is 14.0. The summed E-state index contributed by atoms with van der Waals surface area (Å²) in [5.74, 6) is 0. The van der Waals surface area contributed by atoms with Crippen molar-refractivity contribution in [2.24, 2.45) is 5.73 Å². The quantitative estimate of drug-likeness (QED) is 0.678. The highest BCUT2D eigenvalue weighted by Gasteiger charge is 1.99. The van der Waals surface area contributed by atoms with E-state index in [1.807, 2.05) is 0 Å². The zero-order valence-electron chi connectivity index (χ0n) is 8.95. The molecule has 2 N–H and O–H groups in total. The van der Waals surface area contributed by atoms with Crippen molar-refractivity contribution in [1.29, 1.82) is 0 Å². The van der Waals surface area contributed by atoms with Gasteiger partial charge in [-0.2, -0.15) is 0 Å². The van der Waals surface area contributed by atoms with Gasteiger partial charge in [0.1, 0.15) is 0 Å². The Labute approximate surface area is 117 Å². The molecule has 0 aromatic heterocycles.